The first kappa shape index (κ1) is 27.1. The molecule has 0 saturated carbocycles. The van der Waals surface area contributed by atoms with Crippen LogP contribution in [0.2, 0.25) is 0 Å². The molecular weight excluding hydrogens is 392 g/mol. The largest absolute Gasteiger partial charge is 0.481 e. The van der Waals surface area contributed by atoms with Crippen molar-refractivity contribution in [2.24, 2.45) is 0 Å². The van der Waals surface area contributed by atoms with Gasteiger partial charge >= 0.3 is 23.9 Å². The summed E-state index contributed by atoms with van der Waals surface area (Å²) >= 11 is 0. The number of aromatic carboxylic acids is 1. The van der Waals surface area contributed by atoms with Crippen LogP contribution < -0.4 is 0 Å². The number of unbranched alkanes of at least 4 members (excludes halogenated alkanes) is 6. The summed E-state index contributed by atoms with van der Waals surface area (Å²) in [5, 5.41) is 25.3. The quantitative estimate of drug-likeness (QED) is 0.290. The van der Waals surface area contributed by atoms with Gasteiger partial charge in [-0.15, -0.1) is 0 Å². The Morgan fingerprint density at radius 1 is 0.733 bits per heavy atom. The van der Waals surface area contributed by atoms with Crippen molar-refractivity contribution in [1.82, 2.24) is 0 Å². The molecule has 0 aliphatic rings. The van der Waals surface area contributed by atoms with E-state index in [0.717, 1.165) is 19.3 Å². The van der Waals surface area contributed by atoms with Gasteiger partial charge < -0.3 is 20.1 Å². The van der Waals surface area contributed by atoms with Crippen molar-refractivity contribution in [2.45, 2.75) is 71.1 Å². The third-order valence-electron chi connectivity index (χ3n) is 4.14. The molecule has 0 radical (unpaired) electrons. The van der Waals surface area contributed by atoms with Crippen LogP contribution in [0.4, 0.5) is 0 Å². The molecule has 0 heterocycles. The van der Waals surface area contributed by atoms with E-state index in [0.29, 0.717) is 19.4 Å². The standard InChI is InChI=1S/C16H22O4.C6H10O4/c1-2-3-4-5-6-9-12-20-16(19)14-11-8-7-10-13(14)15(17)18;7-5(8)3-1-2-4-6(9)10/h7-8,10-11H,2-6,9,12H2,1H3,(H,17,18);1-4H2,(H,7,8)(H,9,10). The van der Waals surface area contributed by atoms with Gasteiger partial charge in [0.05, 0.1) is 17.7 Å². The number of benzene rings is 1. The topological polar surface area (TPSA) is 138 Å². The molecule has 3 N–H and O–H groups in total. The Kier molecular flexibility index (Phi) is 15.4. The molecule has 8 nitrogen and oxygen atoms in total. The lowest BCUT2D eigenvalue weighted by Gasteiger charge is -2.07. The molecule has 0 unspecified atom stereocenters. The molecule has 0 fully saturated rings. The van der Waals surface area contributed by atoms with E-state index in [2.05, 4.69) is 6.92 Å². The number of carbonyl (C=O) groups excluding carboxylic acids is 1. The maximum atomic E-state index is 11.8. The highest BCUT2D eigenvalue weighted by atomic mass is 16.5. The third kappa shape index (κ3) is 14.1. The van der Waals surface area contributed by atoms with Crippen LogP contribution in [-0.4, -0.2) is 45.8 Å². The van der Waals surface area contributed by atoms with E-state index < -0.39 is 23.9 Å². The van der Waals surface area contributed by atoms with Crippen LogP contribution in [0, 0.1) is 0 Å². The van der Waals surface area contributed by atoms with Crippen molar-refractivity contribution in [3.8, 4) is 0 Å². The van der Waals surface area contributed by atoms with Gasteiger partial charge in [-0.2, -0.15) is 0 Å². The van der Waals surface area contributed by atoms with Gasteiger partial charge in [-0.3, -0.25) is 9.59 Å². The van der Waals surface area contributed by atoms with Gasteiger partial charge in [0, 0.05) is 12.8 Å². The molecule has 0 saturated heterocycles. The number of hydrogen-bond donors (Lipinski definition) is 3. The Bertz CT molecular complexity index is 653. The molecule has 0 atom stereocenters. The molecule has 1 aromatic carbocycles. The van der Waals surface area contributed by atoms with Crippen LogP contribution in [0.25, 0.3) is 0 Å². The van der Waals surface area contributed by atoms with E-state index in [1.165, 1.54) is 31.4 Å². The number of esters is 1. The molecular formula is C22H32O8. The van der Waals surface area contributed by atoms with E-state index in [1.54, 1.807) is 12.1 Å². The monoisotopic (exact) mass is 424 g/mol. The summed E-state index contributed by atoms with van der Waals surface area (Å²) in [4.78, 5) is 42.6. The lowest BCUT2D eigenvalue weighted by atomic mass is 10.1. The van der Waals surface area contributed by atoms with Gasteiger partial charge in [-0.1, -0.05) is 51.2 Å². The zero-order valence-corrected chi connectivity index (χ0v) is 17.5. The van der Waals surface area contributed by atoms with E-state index >= 15 is 0 Å². The summed E-state index contributed by atoms with van der Waals surface area (Å²) in [7, 11) is 0. The van der Waals surface area contributed by atoms with Crippen LogP contribution in [0.5, 0.6) is 0 Å². The van der Waals surface area contributed by atoms with E-state index in [1.807, 2.05) is 0 Å². The molecule has 168 valence electrons. The Morgan fingerprint density at radius 3 is 1.73 bits per heavy atom. The SMILES string of the molecule is CCCCCCCCOC(=O)c1ccccc1C(=O)O.O=C(O)CCCCC(=O)O. The second-order valence-corrected chi connectivity index (χ2v) is 6.75. The maximum Gasteiger partial charge on any atom is 0.339 e. The summed E-state index contributed by atoms with van der Waals surface area (Å²) in [5.74, 6) is -3.41. The number of aliphatic carboxylic acids is 2. The summed E-state index contributed by atoms with van der Waals surface area (Å²) in [6, 6.07) is 6.11. The average Bonchev–Trinajstić information content (AvgIpc) is 2.70. The van der Waals surface area contributed by atoms with Gasteiger partial charge in [-0.05, 0) is 31.4 Å². The number of carboxylic acid groups (broad SMARTS) is 3. The van der Waals surface area contributed by atoms with E-state index in [9.17, 15) is 19.2 Å². The minimum atomic E-state index is -1.11. The first-order valence-electron chi connectivity index (χ1n) is 10.2. The molecule has 0 aromatic heterocycles. The number of carboxylic acids is 3. The third-order valence-corrected chi connectivity index (χ3v) is 4.14. The van der Waals surface area contributed by atoms with Crippen molar-refractivity contribution in [3.05, 3.63) is 35.4 Å². The van der Waals surface area contributed by atoms with Crippen molar-refractivity contribution < 1.29 is 39.2 Å². The average molecular weight is 424 g/mol. The minimum Gasteiger partial charge on any atom is -0.481 e. The summed E-state index contributed by atoms with van der Waals surface area (Å²) < 4.78 is 5.12. The van der Waals surface area contributed by atoms with Gasteiger partial charge in [0.25, 0.3) is 0 Å². The molecule has 8 heteroatoms. The molecule has 0 bridgehead atoms. The van der Waals surface area contributed by atoms with E-state index in [-0.39, 0.29) is 24.0 Å². The Hall–Kier alpha value is -2.90. The lowest BCUT2D eigenvalue weighted by molar-refractivity contribution is -0.139. The molecule has 1 rings (SSSR count). The summed E-state index contributed by atoms with van der Waals surface area (Å²) in [5.41, 5.74) is 0.103. The lowest BCUT2D eigenvalue weighted by Crippen LogP contribution is -2.12. The predicted molar refractivity (Wildman–Crippen MR) is 111 cm³/mol. The van der Waals surface area contributed by atoms with Crippen LogP contribution in [0.1, 0.15) is 91.8 Å². The van der Waals surface area contributed by atoms with Crippen LogP contribution >= 0.6 is 0 Å². The Labute approximate surface area is 176 Å². The molecule has 0 amide bonds. The first-order chi connectivity index (χ1) is 14.3. The zero-order chi connectivity index (χ0) is 22.8. The molecule has 0 aliphatic carbocycles. The van der Waals surface area contributed by atoms with Crippen molar-refractivity contribution in [3.63, 3.8) is 0 Å². The van der Waals surface area contributed by atoms with Crippen LogP contribution in [-0.2, 0) is 14.3 Å². The first-order valence-corrected chi connectivity index (χ1v) is 10.2. The highest BCUT2D eigenvalue weighted by Gasteiger charge is 2.16. The maximum absolute atomic E-state index is 11.8. The Morgan fingerprint density at radius 2 is 1.23 bits per heavy atom. The fourth-order valence-corrected chi connectivity index (χ4v) is 2.53. The van der Waals surface area contributed by atoms with Gasteiger partial charge in [0.2, 0.25) is 0 Å². The predicted octanol–water partition coefficient (Wildman–Crippen LogP) is 4.62. The van der Waals surface area contributed by atoms with Crippen LogP contribution in [0.15, 0.2) is 24.3 Å². The highest BCUT2D eigenvalue weighted by Crippen LogP contribution is 2.11. The number of hydrogen-bond acceptors (Lipinski definition) is 5. The molecule has 1 aromatic rings. The van der Waals surface area contributed by atoms with E-state index in [4.69, 9.17) is 20.1 Å². The summed E-state index contributed by atoms with van der Waals surface area (Å²) in [6.07, 6.45) is 7.69. The molecule has 0 aliphatic heterocycles. The minimum absolute atomic E-state index is 0.0135. The smallest absolute Gasteiger partial charge is 0.339 e. The second-order valence-electron chi connectivity index (χ2n) is 6.75. The van der Waals surface area contributed by atoms with Gasteiger partial charge in [0.15, 0.2) is 0 Å². The summed E-state index contributed by atoms with van der Waals surface area (Å²) in [6.45, 7) is 2.51. The van der Waals surface area contributed by atoms with Crippen molar-refractivity contribution in [2.75, 3.05) is 6.61 Å². The second kappa shape index (κ2) is 17.0. The fourth-order valence-electron chi connectivity index (χ4n) is 2.53. The van der Waals surface area contributed by atoms with Gasteiger partial charge in [-0.25, -0.2) is 9.59 Å². The number of rotatable bonds is 14. The zero-order valence-electron chi connectivity index (χ0n) is 17.5. The highest BCUT2D eigenvalue weighted by molar-refractivity contribution is 6.02. The molecule has 0 spiro atoms. The molecule has 30 heavy (non-hydrogen) atoms. The van der Waals surface area contributed by atoms with Gasteiger partial charge in [0.1, 0.15) is 0 Å². The van der Waals surface area contributed by atoms with Crippen molar-refractivity contribution >= 4 is 23.9 Å². The Balaban J connectivity index is 0.000000710. The normalized spacial score (nSPS) is 9.90. The van der Waals surface area contributed by atoms with Crippen molar-refractivity contribution in [1.29, 1.82) is 0 Å². The number of carbonyl (C=O) groups is 4. The fraction of sp³-hybridized carbons (Fsp3) is 0.545. The number of ether oxygens (including phenoxy) is 1. The van der Waals surface area contributed by atoms with Crippen LogP contribution in [0.3, 0.4) is 0 Å².